The Hall–Kier alpha value is -0.770. The molecule has 0 N–H and O–H groups in total. The highest BCUT2D eigenvalue weighted by Gasteiger charge is 2.38. The van der Waals surface area contributed by atoms with Gasteiger partial charge in [-0.1, -0.05) is 0 Å². The van der Waals surface area contributed by atoms with Crippen LogP contribution in [0.15, 0.2) is 28.8 Å². The highest BCUT2D eigenvalue weighted by molar-refractivity contribution is 5.85. The van der Waals surface area contributed by atoms with Gasteiger partial charge in [0.2, 0.25) is 0 Å². The van der Waals surface area contributed by atoms with E-state index in [0.29, 0.717) is 6.04 Å². The maximum atomic E-state index is 5.96. The second kappa shape index (κ2) is 5.70. The van der Waals surface area contributed by atoms with E-state index in [1.54, 1.807) is 0 Å². The summed E-state index contributed by atoms with van der Waals surface area (Å²) in [4.78, 5) is 6.97. The molecule has 0 amide bonds. The number of fused-ring (bicyclic) bond motifs is 2. The summed E-state index contributed by atoms with van der Waals surface area (Å²) in [6.07, 6.45) is 7.11. The highest BCUT2D eigenvalue weighted by Crippen LogP contribution is 2.42. The Morgan fingerprint density at radius 3 is 2.95 bits per heavy atom. The minimum absolute atomic E-state index is 0. The minimum Gasteiger partial charge on any atom is -0.458 e. The molecule has 19 heavy (non-hydrogen) atoms. The second-order valence-electron chi connectivity index (χ2n) is 5.16. The highest BCUT2D eigenvalue weighted by atomic mass is 35.5. The number of hydrogen-bond acceptors (Lipinski definition) is 3. The lowest BCUT2D eigenvalue weighted by Gasteiger charge is -2.21. The first kappa shape index (κ1) is 14.6. The lowest BCUT2D eigenvalue weighted by atomic mass is 10.1. The van der Waals surface area contributed by atoms with Crippen LogP contribution in [-0.4, -0.2) is 22.5 Å². The summed E-state index contributed by atoms with van der Waals surface area (Å²) < 4.78 is 5.96. The zero-order valence-electron chi connectivity index (χ0n) is 10.6. The van der Waals surface area contributed by atoms with Gasteiger partial charge in [0.05, 0.1) is 6.04 Å². The van der Waals surface area contributed by atoms with Crippen LogP contribution in [0.4, 0.5) is 0 Å². The monoisotopic (exact) mass is 300 g/mol. The molecule has 2 atom stereocenters. The lowest BCUT2D eigenvalue weighted by molar-refractivity contribution is 0.225. The van der Waals surface area contributed by atoms with Crippen LogP contribution in [0, 0.1) is 0 Å². The van der Waals surface area contributed by atoms with Crippen molar-refractivity contribution in [3.05, 3.63) is 30.2 Å². The molecular weight excluding hydrogens is 283 g/mol. The van der Waals surface area contributed by atoms with E-state index >= 15 is 0 Å². The Balaban J connectivity index is 0.000000667. The van der Waals surface area contributed by atoms with Crippen LogP contribution in [0.3, 0.4) is 0 Å². The number of halogens is 2. The van der Waals surface area contributed by atoms with E-state index in [4.69, 9.17) is 4.42 Å². The van der Waals surface area contributed by atoms with E-state index in [2.05, 4.69) is 16.0 Å². The molecule has 0 saturated carbocycles. The van der Waals surface area contributed by atoms with Gasteiger partial charge in [0.25, 0.3) is 0 Å². The molecule has 2 aliphatic rings. The van der Waals surface area contributed by atoms with Gasteiger partial charge in [-0.3, -0.25) is 9.88 Å². The van der Waals surface area contributed by atoms with E-state index in [9.17, 15) is 0 Å². The van der Waals surface area contributed by atoms with E-state index in [1.807, 2.05) is 18.3 Å². The molecule has 1 unspecified atom stereocenters. The third-order valence-corrected chi connectivity index (χ3v) is 4.23. The number of rotatable bonds is 1. The summed E-state index contributed by atoms with van der Waals surface area (Å²) >= 11 is 0. The maximum absolute atomic E-state index is 5.96. The predicted molar refractivity (Wildman–Crippen MR) is 80.2 cm³/mol. The van der Waals surface area contributed by atoms with Gasteiger partial charge < -0.3 is 4.42 Å². The van der Waals surface area contributed by atoms with Crippen molar-refractivity contribution >= 4 is 35.9 Å². The molecule has 4 heterocycles. The Morgan fingerprint density at radius 2 is 2.11 bits per heavy atom. The number of furan rings is 1. The normalized spacial score (nSPS) is 25.9. The van der Waals surface area contributed by atoms with Gasteiger partial charge in [-0.15, -0.1) is 24.8 Å². The smallest absolute Gasteiger partial charge is 0.152 e. The molecule has 5 heteroatoms. The lowest BCUT2D eigenvalue weighted by Crippen LogP contribution is -2.25. The molecular formula is C14H18Cl2N2O. The zero-order valence-corrected chi connectivity index (χ0v) is 12.3. The predicted octanol–water partition coefficient (Wildman–Crippen LogP) is 3.97. The van der Waals surface area contributed by atoms with E-state index < -0.39 is 0 Å². The number of hydrogen-bond donors (Lipinski definition) is 0. The van der Waals surface area contributed by atoms with Gasteiger partial charge in [0.1, 0.15) is 11.3 Å². The van der Waals surface area contributed by atoms with E-state index in [0.717, 1.165) is 22.9 Å². The molecule has 2 aromatic rings. The van der Waals surface area contributed by atoms with Crippen molar-refractivity contribution in [2.75, 3.05) is 6.54 Å². The van der Waals surface area contributed by atoms with Crippen LogP contribution in [-0.2, 0) is 0 Å². The minimum atomic E-state index is 0. The van der Waals surface area contributed by atoms with Gasteiger partial charge in [0.15, 0.2) is 5.58 Å². The number of pyridine rings is 1. The molecule has 2 aliphatic heterocycles. The average molecular weight is 301 g/mol. The molecule has 0 bridgehead atoms. The summed E-state index contributed by atoms with van der Waals surface area (Å²) in [7, 11) is 0. The maximum Gasteiger partial charge on any atom is 0.152 e. The number of nitrogens with zero attached hydrogens (tertiary/aromatic N) is 2. The molecule has 2 saturated heterocycles. The van der Waals surface area contributed by atoms with Crippen LogP contribution in [0.5, 0.6) is 0 Å². The van der Waals surface area contributed by atoms with Gasteiger partial charge in [-0.05, 0) is 44.4 Å². The fraction of sp³-hybridized carbons (Fsp3) is 0.500. The van der Waals surface area contributed by atoms with Crippen molar-refractivity contribution in [2.45, 2.75) is 37.8 Å². The molecule has 2 fully saturated rings. The SMILES string of the molecule is Cl.Cl.c1cnc2cc([C@H]3CCC4CCCN43)oc2c1. The Labute approximate surface area is 125 Å². The van der Waals surface area contributed by atoms with E-state index in [-0.39, 0.29) is 24.8 Å². The number of aromatic nitrogens is 1. The molecule has 4 rings (SSSR count). The van der Waals surface area contributed by atoms with Gasteiger partial charge in [0, 0.05) is 18.3 Å². The fourth-order valence-electron chi connectivity index (χ4n) is 3.45. The molecule has 104 valence electrons. The van der Waals surface area contributed by atoms with Crippen molar-refractivity contribution in [3.8, 4) is 0 Å². The standard InChI is InChI=1S/C14H16N2O.2ClH/c1-4-13-11(15-7-1)9-14(17-13)12-6-5-10-3-2-8-16(10)12;;/h1,4,7,9-10,12H,2-3,5-6,8H2;2*1H/t10?,12-;;/m1../s1. The summed E-state index contributed by atoms with van der Waals surface area (Å²) in [6.45, 7) is 1.24. The molecule has 3 nitrogen and oxygen atoms in total. The largest absolute Gasteiger partial charge is 0.458 e. The Bertz CT molecular complexity index is 524. The topological polar surface area (TPSA) is 29.3 Å². The summed E-state index contributed by atoms with van der Waals surface area (Å²) in [5.74, 6) is 1.11. The van der Waals surface area contributed by atoms with Gasteiger partial charge >= 0.3 is 0 Å². The molecule has 0 aliphatic carbocycles. The third kappa shape index (κ3) is 2.35. The van der Waals surface area contributed by atoms with Gasteiger partial charge in [-0.2, -0.15) is 0 Å². The van der Waals surface area contributed by atoms with Gasteiger partial charge in [-0.25, -0.2) is 0 Å². The zero-order chi connectivity index (χ0) is 11.2. The summed E-state index contributed by atoms with van der Waals surface area (Å²) in [6, 6.07) is 7.36. The first-order chi connectivity index (χ1) is 8.42. The first-order valence-electron chi connectivity index (χ1n) is 6.52. The Morgan fingerprint density at radius 1 is 1.21 bits per heavy atom. The quantitative estimate of drug-likeness (QED) is 0.798. The summed E-state index contributed by atoms with van der Waals surface area (Å²) in [5.41, 5.74) is 1.91. The first-order valence-corrected chi connectivity index (χ1v) is 6.52. The third-order valence-electron chi connectivity index (χ3n) is 4.23. The molecule has 0 spiro atoms. The Kier molecular flexibility index (Phi) is 4.39. The van der Waals surface area contributed by atoms with Crippen LogP contribution < -0.4 is 0 Å². The van der Waals surface area contributed by atoms with Crippen molar-refractivity contribution in [3.63, 3.8) is 0 Å². The van der Waals surface area contributed by atoms with Crippen molar-refractivity contribution < 1.29 is 4.42 Å². The fourth-order valence-corrected chi connectivity index (χ4v) is 3.45. The van der Waals surface area contributed by atoms with Crippen LogP contribution in [0.1, 0.15) is 37.5 Å². The van der Waals surface area contributed by atoms with Crippen molar-refractivity contribution in [2.24, 2.45) is 0 Å². The van der Waals surface area contributed by atoms with Crippen LogP contribution in [0.2, 0.25) is 0 Å². The van der Waals surface area contributed by atoms with E-state index in [1.165, 1.54) is 32.2 Å². The van der Waals surface area contributed by atoms with Crippen LogP contribution >= 0.6 is 24.8 Å². The second-order valence-corrected chi connectivity index (χ2v) is 5.16. The average Bonchev–Trinajstić information content (AvgIpc) is 3.02. The summed E-state index contributed by atoms with van der Waals surface area (Å²) in [5, 5.41) is 0. The van der Waals surface area contributed by atoms with Crippen molar-refractivity contribution in [1.29, 1.82) is 0 Å². The molecule has 2 aromatic heterocycles. The molecule has 0 aromatic carbocycles. The molecule has 0 radical (unpaired) electrons. The van der Waals surface area contributed by atoms with Crippen molar-refractivity contribution in [1.82, 2.24) is 9.88 Å². The van der Waals surface area contributed by atoms with Crippen LogP contribution in [0.25, 0.3) is 11.1 Å².